The molecule has 2 rings (SSSR count). The van der Waals surface area contributed by atoms with Crippen LogP contribution in [-0.2, 0) is 0 Å². The first-order chi connectivity index (χ1) is 6.83. The van der Waals surface area contributed by atoms with Gasteiger partial charge in [-0.25, -0.2) is 9.97 Å². The van der Waals surface area contributed by atoms with E-state index in [0.29, 0.717) is 22.9 Å². The van der Waals surface area contributed by atoms with Crippen LogP contribution in [-0.4, -0.2) is 27.4 Å². The molecule has 0 spiro atoms. The Bertz CT molecular complexity index is 457. The number of nitrogens with two attached hydrogens (primary N) is 1. The number of aromatic nitrogens is 2. The van der Waals surface area contributed by atoms with E-state index in [0.717, 1.165) is 0 Å². The Balaban J connectivity index is 2.45. The third kappa shape index (κ3) is 1.26. The molecule has 1 aromatic rings. The van der Waals surface area contributed by atoms with Crippen LogP contribution in [0.15, 0.2) is 11.4 Å². The number of aliphatic hydroxyl groups is 1. The van der Waals surface area contributed by atoms with Gasteiger partial charge in [0, 0.05) is 0 Å². The van der Waals surface area contributed by atoms with Crippen LogP contribution in [0.5, 0.6) is 0 Å². The first kappa shape index (κ1) is 8.47. The maximum Gasteiger partial charge on any atom is 0.189 e. The molecule has 0 bridgehead atoms. The minimum absolute atomic E-state index is 0.234. The third-order valence-corrected chi connectivity index (χ3v) is 1.62. The Morgan fingerprint density at radius 3 is 3.07 bits per heavy atom. The second kappa shape index (κ2) is 3.32. The standard InChI is InChI=1S/C8H6N5O/c9-7-6-5(2-1-3-14)12-13-8(6)11-4-10-7/h4,14H,3H2,(H2,9,10,11). The number of nitrogens with zero attached hydrogens (tertiary/aromatic N) is 4. The highest BCUT2D eigenvalue weighted by atomic mass is 16.2. The molecule has 1 radical (unpaired) electrons. The minimum Gasteiger partial charge on any atom is -0.384 e. The average Bonchev–Trinajstić information content (AvgIpc) is 2.59. The number of rotatable bonds is 0. The number of aliphatic hydroxyl groups excluding tert-OH is 1. The Hall–Kier alpha value is -2.13. The molecule has 0 saturated heterocycles. The van der Waals surface area contributed by atoms with Gasteiger partial charge in [0.15, 0.2) is 11.5 Å². The van der Waals surface area contributed by atoms with Crippen molar-refractivity contribution >= 4 is 17.3 Å². The summed E-state index contributed by atoms with van der Waals surface area (Å²) in [6, 6.07) is 0. The molecule has 1 aliphatic rings. The smallest absolute Gasteiger partial charge is 0.189 e. The van der Waals surface area contributed by atoms with Crippen LogP contribution in [0.1, 0.15) is 5.56 Å². The van der Waals surface area contributed by atoms with Crippen molar-refractivity contribution in [2.75, 3.05) is 12.3 Å². The van der Waals surface area contributed by atoms with Crippen LogP contribution in [0.4, 0.5) is 11.6 Å². The van der Waals surface area contributed by atoms with E-state index in [1.807, 2.05) is 0 Å². The quantitative estimate of drug-likeness (QED) is 0.510. The van der Waals surface area contributed by atoms with E-state index < -0.39 is 0 Å². The predicted molar refractivity (Wildman–Crippen MR) is 49.6 cm³/mol. The van der Waals surface area contributed by atoms with Crippen LogP contribution in [0.3, 0.4) is 0 Å². The summed E-state index contributed by atoms with van der Waals surface area (Å²) < 4.78 is 0. The SMILES string of the molecule is Nc1ncnc2c1C(C#CCO)=N[N]2. The third-order valence-electron chi connectivity index (χ3n) is 1.62. The molecule has 0 aliphatic carbocycles. The van der Waals surface area contributed by atoms with E-state index in [2.05, 4.69) is 32.3 Å². The van der Waals surface area contributed by atoms with Gasteiger partial charge in [-0.15, -0.1) is 10.5 Å². The van der Waals surface area contributed by atoms with Crippen molar-refractivity contribution in [3.63, 3.8) is 0 Å². The molecule has 0 fully saturated rings. The summed E-state index contributed by atoms with van der Waals surface area (Å²) in [4.78, 5) is 7.68. The number of anilines is 1. The average molecular weight is 188 g/mol. The van der Waals surface area contributed by atoms with Crippen molar-refractivity contribution in [2.45, 2.75) is 0 Å². The lowest BCUT2D eigenvalue weighted by molar-refractivity contribution is 0.350. The monoisotopic (exact) mass is 188 g/mol. The zero-order chi connectivity index (χ0) is 9.97. The van der Waals surface area contributed by atoms with Gasteiger partial charge in [0.2, 0.25) is 0 Å². The van der Waals surface area contributed by atoms with Gasteiger partial charge in [0.25, 0.3) is 0 Å². The van der Waals surface area contributed by atoms with Gasteiger partial charge >= 0.3 is 0 Å². The van der Waals surface area contributed by atoms with Crippen LogP contribution in [0, 0.1) is 11.8 Å². The molecule has 3 N–H and O–H groups in total. The maximum atomic E-state index is 8.52. The maximum absolute atomic E-state index is 8.52. The highest BCUT2D eigenvalue weighted by Crippen LogP contribution is 2.22. The highest BCUT2D eigenvalue weighted by Gasteiger charge is 2.20. The molecule has 0 saturated carbocycles. The van der Waals surface area contributed by atoms with E-state index >= 15 is 0 Å². The summed E-state index contributed by atoms with van der Waals surface area (Å²) in [7, 11) is 0. The molecule has 14 heavy (non-hydrogen) atoms. The van der Waals surface area contributed by atoms with Crippen molar-refractivity contribution in [3.05, 3.63) is 11.9 Å². The zero-order valence-electron chi connectivity index (χ0n) is 7.10. The lowest BCUT2D eigenvalue weighted by atomic mass is 10.2. The minimum atomic E-state index is -0.234. The summed E-state index contributed by atoms with van der Waals surface area (Å²) in [5.74, 6) is 5.80. The van der Waals surface area contributed by atoms with Gasteiger partial charge in [-0.05, 0) is 5.92 Å². The topological polar surface area (TPSA) is 98.5 Å². The fraction of sp³-hybridized carbons (Fsp3) is 0.125. The van der Waals surface area contributed by atoms with Crippen LogP contribution < -0.4 is 11.2 Å². The summed E-state index contributed by atoms with van der Waals surface area (Å²) in [5, 5.41) is 12.3. The normalized spacial score (nSPS) is 12.2. The fourth-order valence-corrected chi connectivity index (χ4v) is 1.05. The molecule has 0 amide bonds. The van der Waals surface area contributed by atoms with E-state index in [9.17, 15) is 0 Å². The van der Waals surface area contributed by atoms with E-state index in [4.69, 9.17) is 10.8 Å². The van der Waals surface area contributed by atoms with Gasteiger partial charge in [0.05, 0.1) is 5.56 Å². The molecule has 1 aromatic heterocycles. The predicted octanol–water partition coefficient (Wildman–Crippen LogP) is -0.992. The summed E-state index contributed by atoms with van der Waals surface area (Å²) >= 11 is 0. The molecule has 2 heterocycles. The molecule has 0 atom stereocenters. The summed E-state index contributed by atoms with van der Waals surface area (Å²) in [6.07, 6.45) is 1.32. The second-order valence-electron chi connectivity index (χ2n) is 2.47. The zero-order valence-corrected chi connectivity index (χ0v) is 7.10. The molecular weight excluding hydrogens is 182 g/mol. The molecule has 6 nitrogen and oxygen atoms in total. The molecule has 69 valence electrons. The second-order valence-corrected chi connectivity index (χ2v) is 2.47. The van der Waals surface area contributed by atoms with E-state index in [1.54, 1.807) is 0 Å². The van der Waals surface area contributed by atoms with Crippen molar-refractivity contribution < 1.29 is 5.11 Å². The van der Waals surface area contributed by atoms with Crippen LogP contribution in [0.2, 0.25) is 0 Å². The van der Waals surface area contributed by atoms with Crippen molar-refractivity contribution in [3.8, 4) is 11.8 Å². The van der Waals surface area contributed by atoms with Gasteiger partial charge < -0.3 is 10.8 Å². The lowest BCUT2D eigenvalue weighted by Crippen LogP contribution is -2.03. The first-order valence-electron chi connectivity index (χ1n) is 3.82. The Morgan fingerprint density at radius 1 is 1.43 bits per heavy atom. The molecule has 0 aromatic carbocycles. The summed E-state index contributed by atoms with van der Waals surface area (Å²) in [6.45, 7) is -0.234. The fourth-order valence-electron chi connectivity index (χ4n) is 1.05. The largest absolute Gasteiger partial charge is 0.384 e. The van der Waals surface area contributed by atoms with Crippen molar-refractivity contribution in [1.29, 1.82) is 0 Å². The number of fused-ring (bicyclic) bond motifs is 1. The molecular formula is C8H6N5O. The van der Waals surface area contributed by atoms with E-state index in [1.165, 1.54) is 6.33 Å². The van der Waals surface area contributed by atoms with Gasteiger partial charge in [0.1, 0.15) is 18.8 Å². The Kier molecular flexibility index (Phi) is 2.01. The number of nitrogen functional groups attached to an aromatic ring is 1. The number of hydrogen-bond acceptors (Lipinski definition) is 5. The van der Waals surface area contributed by atoms with Gasteiger partial charge in [-0.1, -0.05) is 5.92 Å². The molecule has 0 unspecified atom stereocenters. The van der Waals surface area contributed by atoms with Crippen molar-refractivity contribution in [2.24, 2.45) is 5.10 Å². The molecule has 1 aliphatic heterocycles. The Morgan fingerprint density at radius 2 is 2.29 bits per heavy atom. The van der Waals surface area contributed by atoms with Gasteiger partial charge in [-0.2, -0.15) is 0 Å². The van der Waals surface area contributed by atoms with Crippen LogP contribution in [0.25, 0.3) is 0 Å². The molecule has 6 heteroatoms. The summed E-state index contributed by atoms with van der Waals surface area (Å²) in [5.41, 5.74) is 10.3. The lowest BCUT2D eigenvalue weighted by Gasteiger charge is -1.97. The highest BCUT2D eigenvalue weighted by molar-refractivity contribution is 6.19. The van der Waals surface area contributed by atoms with Crippen molar-refractivity contribution in [1.82, 2.24) is 15.4 Å². The number of hydrogen-bond donors (Lipinski definition) is 2. The van der Waals surface area contributed by atoms with Gasteiger partial charge in [-0.3, -0.25) is 0 Å². The van der Waals surface area contributed by atoms with Crippen LogP contribution >= 0.6 is 0 Å². The Labute approximate surface area is 79.9 Å². The first-order valence-corrected chi connectivity index (χ1v) is 3.82. The van der Waals surface area contributed by atoms with E-state index in [-0.39, 0.29) is 6.61 Å².